The zero-order valence-electron chi connectivity index (χ0n) is 23.3. The zero-order valence-corrected chi connectivity index (χ0v) is 24.9. The van der Waals surface area contributed by atoms with E-state index in [1.165, 1.54) is 13.2 Å². The lowest BCUT2D eigenvalue weighted by Gasteiger charge is -2.34. The highest BCUT2D eigenvalue weighted by atomic mass is 32.2. The van der Waals surface area contributed by atoms with Crippen molar-refractivity contribution in [3.63, 3.8) is 0 Å². The average molecular weight is 626 g/mol. The zero-order chi connectivity index (χ0) is 31.0. The second-order valence-electron chi connectivity index (χ2n) is 10.9. The molecule has 9 nitrogen and oxygen atoms in total. The van der Waals surface area contributed by atoms with Crippen LogP contribution in [0.25, 0.3) is 10.6 Å². The van der Waals surface area contributed by atoms with Gasteiger partial charge >= 0.3 is 12.1 Å². The van der Waals surface area contributed by atoms with Crippen molar-refractivity contribution in [1.29, 1.82) is 0 Å². The van der Waals surface area contributed by atoms with Gasteiger partial charge in [0.05, 0.1) is 29.6 Å². The Hall–Kier alpha value is -3.65. The van der Waals surface area contributed by atoms with E-state index >= 15 is 0 Å². The summed E-state index contributed by atoms with van der Waals surface area (Å²) in [7, 11) is -3.28. The number of halogens is 3. The van der Waals surface area contributed by atoms with Gasteiger partial charge in [-0.1, -0.05) is 26.0 Å². The van der Waals surface area contributed by atoms with Crippen LogP contribution in [0.1, 0.15) is 73.9 Å². The molecule has 0 saturated heterocycles. The maximum Gasteiger partial charge on any atom is 0.417 e. The fraction of sp³-hybridized carbons (Fsp3) is 0.393. The first-order chi connectivity index (χ1) is 19.5. The maximum atomic E-state index is 14.2. The Morgan fingerprint density at radius 3 is 2.36 bits per heavy atom. The van der Waals surface area contributed by atoms with Gasteiger partial charge in [0.15, 0.2) is 5.03 Å². The number of anilines is 2. The maximum absolute atomic E-state index is 14.2. The average Bonchev–Trinajstić information content (AvgIpc) is 3.39. The lowest BCUT2D eigenvalue weighted by Crippen LogP contribution is -2.20. The third kappa shape index (κ3) is 6.86. The van der Waals surface area contributed by atoms with Crippen LogP contribution in [0.5, 0.6) is 5.75 Å². The molecule has 1 heterocycles. The highest BCUT2D eigenvalue weighted by molar-refractivity contribution is 7.92. The lowest BCUT2D eigenvalue weighted by atomic mass is 9.71. The van der Waals surface area contributed by atoms with Gasteiger partial charge in [0, 0.05) is 17.9 Å². The van der Waals surface area contributed by atoms with Crippen molar-refractivity contribution in [2.75, 3.05) is 17.1 Å². The summed E-state index contributed by atoms with van der Waals surface area (Å²) in [6.45, 7) is 5.45. The number of hydrogen-bond acceptors (Lipinski definition) is 7. The first kappa shape index (κ1) is 31.3. The molecule has 1 aliphatic rings. The number of methoxy groups -OCH3 is 1. The third-order valence-corrected chi connectivity index (χ3v) is 9.55. The number of nitrogens with zero attached hydrogens (tertiary/aromatic N) is 1. The van der Waals surface area contributed by atoms with Gasteiger partial charge in [-0.25, -0.2) is 9.78 Å². The molecule has 0 bridgehead atoms. The van der Waals surface area contributed by atoms with E-state index in [-0.39, 0.29) is 44.6 Å². The minimum Gasteiger partial charge on any atom is -0.495 e. The van der Waals surface area contributed by atoms with E-state index in [0.29, 0.717) is 5.56 Å². The van der Waals surface area contributed by atoms with Crippen LogP contribution in [0.4, 0.5) is 24.5 Å². The van der Waals surface area contributed by atoms with Gasteiger partial charge in [-0.3, -0.25) is 9.52 Å². The number of thiazole rings is 1. The molecule has 0 aliphatic heterocycles. The molecule has 42 heavy (non-hydrogen) atoms. The fourth-order valence-electron chi connectivity index (χ4n) is 4.97. The molecule has 1 fully saturated rings. The summed E-state index contributed by atoms with van der Waals surface area (Å²) in [5, 5.41) is 12.2. The molecule has 3 N–H and O–H groups in total. The van der Waals surface area contributed by atoms with Crippen molar-refractivity contribution in [2.45, 2.75) is 63.6 Å². The number of carboxylic acids is 1. The molecule has 0 unspecified atom stereocenters. The Morgan fingerprint density at radius 2 is 1.79 bits per heavy atom. The van der Waals surface area contributed by atoms with Crippen LogP contribution in [0.2, 0.25) is 0 Å². The van der Waals surface area contributed by atoms with Gasteiger partial charge in [0.1, 0.15) is 10.8 Å². The van der Waals surface area contributed by atoms with E-state index in [1.807, 2.05) is 0 Å². The van der Waals surface area contributed by atoms with E-state index in [4.69, 9.17) is 4.74 Å². The second kappa shape index (κ2) is 11.6. The van der Waals surface area contributed by atoms with Crippen LogP contribution in [0, 0.1) is 5.41 Å². The SMILES string of the molecule is COc1cc(C(=O)O)c(NC(C)=O)cc1NS(=O)(=O)c1csc(-c2ccc(C3CCC(C)(C)CC3)cc2C(F)(F)F)n1. The Balaban J connectivity index is 1.67. The topological polar surface area (TPSA) is 135 Å². The Morgan fingerprint density at radius 1 is 1.12 bits per heavy atom. The fourth-order valence-corrected chi connectivity index (χ4v) is 7.17. The number of ether oxygens (including phenoxy) is 1. The van der Waals surface area contributed by atoms with Gasteiger partial charge in [-0.15, -0.1) is 11.3 Å². The summed E-state index contributed by atoms with van der Waals surface area (Å²) in [5.41, 5.74) is -1.11. The van der Waals surface area contributed by atoms with Crippen molar-refractivity contribution in [3.8, 4) is 16.3 Å². The van der Waals surface area contributed by atoms with E-state index < -0.39 is 38.7 Å². The normalized spacial score (nSPS) is 15.7. The molecule has 1 aliphatic carbocycles. The van der Waals surface area contributed by atoms with Gasteiger partial charge in [0.2, 0.25) is 5.91 Å². The van der Waals surface area contributed by atoms with Crippen LogP contribution in [0.3, 0.4) is 0 Å². The highest BCUT2D eigenvalue weighted by Gasteiger charge is 2.36. The molecule has 0 radical (unpaired) electrons. The first-order valence-electron chi connectivity index (χ1n) is 12.9. The van der Waals surface area contributed by atoms with Gasteiger partial charge in [-0.2, -0.15) is 21.6 Å². The molecule has 3 aromatic rings. The number of benzene rings is 2. The molecule has 0 atom stereocenters. The number of aromatic carboxylic acids is 1. The van der Waals surface area contributed by atoms with Gasteiger partial charge in [0.25, 0.3) is 10.0 Å². The summed E-state index contributed by atoms with van der Waals surface area (Å²) < 4.78 is 76.4. The molecular weight excluding hydrogens is 595 g/mol. The highest BCUT2D eigenvalue weighted by Crippen LogP contribution is 2.45. The number of carboxylic acid groups (broad SMARTS) is 1. The number of amides is 1. The molecule has 2 aromatic carbocycles. The van der Waals surface area contributed by atoms with Crippen LogP contribution in [-0.2, 0) is 21.0 Å². The molecule has 0 spiro atoms. The van der Waals surface area contributed by atoms with Crippen molar-refractivity contribution in [2.24, 2.45) is 5.41 Å². The second-order valence-corrected chi connectivity index (χ2v) is 13.4. The van der Waals surface area contributed by atoms with Crippen LogP contribution in [0.15, 0.2) is 40.7 Å². The smallest absolute Gasteiger partial charge is 0.417 e. The van der Waals surface area contributed by atoms with E-state index in [9.17, 15) is 36.3 Å². The summed E-state index contributed by atoms with van der Waals surface area (Å²) in [5.74, 6) is -2.15. The van der Waals surface area contributed by atoms with Gasteiger partial charge in [-0.05, 0) is 60.8 Å². The summed E-state index contributed by atoms with van der Waals surface area (Å²) in [6.07, 6.45) is -1.29. The van der Waals surface area contributed by atoms with Crippen molar-refractivity contribution in [3.05, 3.63) is 52.4 Å². The number of carbonyl (C=O) groups excluding carboxylic acids is 1. The van der Waals surface area contributed by atoms with Crippen molar-refractivity contribution in [1.82, 2.24) is 4.98 Å². The predicted molar refractivity (Wildman–Crippen MR) is 153 cm³/mol. The van der Waals surface area contributed by atoms with Crippen molar-refractivity contribution < 1.29 is 41.0 Å². The van der Waals surface area contributed by atoms with E-state index in [0.717, 1.165) is 67.5 Å². The van der Waals surface area contributed by atoms with Crippen LogP contribution >= 0.6 is 11.3 Å². The Labute approximate surface area is 245 Å². The summed E-state index contributed by atoms with van der Waals surface area (Å²) in [6, 6.07) is 6.24. The number of sulfonamides is 1. The summed E-state index contributed by atoms with van der Waals surface area (Å²) in [4.78, 5) is 27.2. The Bertz CT molecular complexity index is 1620. The Kier molecular flexibility index (Phi) is 8.61. The molecule has 226 valence electrons. The minimum absolute atomic E-state index is 0.00878. The minimum atomic E-state index is -4.69. The number of aromatic nitrogens is 1. The molecule has 1 amide bonds. The first-order valence-corrected chi connectivity index (χ1v) is 15.3. The van der Waals surface area contributed by atoms with Crippen molar-refractivity contribution >= 4 is 44.6 Å². The lowest BCUT2D eigenvalue weighted by molar-refractivity contribution is -0.137. The molecule has 14 heteroatoms. The quantitative estimate of drug-likeness (QED) is 0.246. The molecule has 1 aromatic heterocycles. The number of nitrogens with one attached hydrogen (secondary N) is 2. The number of carbonyl (C=O) groups is 2. The monoisotopic (exact) mass is 625 g/mol. The van der Waals surface area contributed by atoms with E-state index in [2.05, 4.69) is 28.9 Å². The third-order valence-electron chi connectivity index (χ3n) is 7.27. The number of alkyl halides is 3. The summed E-state index contributed by atoms with van der Waals surface area (Å²) >= 11 is 0.743. The van der Waals surface area contributed by atoms with Gasteiger partial charge < -0.3 is 15.2 Å². The van der Waals surface area contributed by atoms with E-state index in [1.54, 1.807) is 6.07 Å². The molecule has 4 rings (SSSR count). The van der Waals surface area contributed by atoms with Crippen LogP contribution in [-0.4, -0.2) is 37.5 Å². The van der Waals surface area contributed by atoms with Crippen LogP contribution < -0.4 is 14.8 Å². The standard InChI is InChI=1S/C28H30F3N3O6S2/c1-15(35)32-21-13-22(23(40-4)12-19(21)26(36)37)34-42(38,39)24-14-41-25(33-24)18-6-5-17(11-20(18)28(29,30)31)16-7-9-27(2,3)10-8-16/h5-6,11-14,16,34H,7-10H2,1-4H3,(H,32,35)(H,36,37). The number of hydrogen-bond donors (Lipinski definition) is 3. The molecular formula is C28H30F3N3O6S2. The number of rotatable bonds is 8. The predicted octanol–water partition coefficient (Wildman–Crippen LogP) is 6.98. The largest absolute Gasteiger partial charge is 0.495 e. The molecule has 1 saturated carbocycles.